The highest BCUT2D eigenvalue weighted by molar-refractivity contribution is 7.84. The molecule has 5 nitrogen and oxygen atoms in total. The first-order chi connectivity index (χ1) is 8.70. The van der Waals surface area contributed by atoms with E-state index in [0.29, 0.717) is 29.1 Å². The number of benzene rings is 1. The Balaban J connectivity index is 2.04. The molecule has 1 aromatic heterocycles. The number of ether oxygens (including phenoxy) is 1. The van der Waals surface area contributed by atoms with E-state index in [-0.39, 0.29) is 5.22 Å². The molecule has 1 unspecified atom stereocenters. The predicted molar refractivity (Wildman–Crippen MR) is 70.8 cm³/mol. The van der Waals surface area contributed by atoms with Gasteiger partial charge in [-0.3, -0.25) is 0 Å². The van der Waals surface area contributed by atoms with Crippen LogP contribution in [0.25, 0.3) is 11.1 Å². The molecule has 0 aliphatic heterocycles. The van der Waals surface area contributed by atoms with Crippen LogP contribution in [-0.4, -0.2) is 28.7 Å². The van der Waals surface area contributed by atoms with Crippen molar-refractivity contribution < 1.29 is 13.4 Å². The minimum absolute atomic E-state index is 0.271. The van der Waals surface area contributed by atoms with E-state index in [0.717, 1.165) is 12.8 Å². The van der Waals surface area contributed by atoms with Crippen molar-refractivity contribution >= 4 is 27.6 Å². The molecule has 0 fully saturated rings. The van der Waals surface area contributed by atoms with Crippen LogP contribution in [0, 0.1) is 0 Å². The number of anilines is 1. The zero-order chi connectivity index (χ0) is 13.0. The highest BCUT2D eigenvalue weighted by Gasteiger charge is 2.12. The standard InChI is InChI=1S/C12H16N2O3S/c1-16-6-2-3-7-18(15)12-14-10-8-9(13)4-5-11(10)17-12/h4-5,8H,2-3,6-7,13H2,1H3. The van der Waals surface area contributed by atoms with Gasteiger partial charge in [0.25, 0.3) is 5.22 Å². The third kappa shape index (κ3) is 3.08. The fourth-order valence-electron chi connectivity index (χ4n) is 1.59. The van der Waals surface area contributed by atoms with Crippen LogP contribution >= 0.6 is 0 Å². The lowest BCUT2D eigenvalue weighted by atomic mass is 10.3. The summed E-state index contributed by atoms with van der Waals surface area (Å²) in [5, 5.41) is 0.271. The molecule has 0 saturated heterocycles. The van der Waals surface area contributed by atoms with E-state index in [2.05, 4.69) is 4.98 Å². The highest BCUT2D eigenvalue weighted by atomic mass is 32.2. The number of unbranched alkanes of at least 4 members (excludes halogenated alkanes) is 1. The summed E-state index contributed by atoms with van der Waals surface area (Å²) in [6, 6.07) is 5.19. The van der Waals surface area contributed by atoms with E-state index in [1.54, 1.807) is 25.3 Å². The van der Waals surface area contributed by atoms with Gasteiger partial charge >= 0.3 is 0 Å². The van der Waals surface area contributed by atoms with Crippen LogP contribution in [0.4, 0.5) is 5.69 Å². The SMILES string of the molecule is COCCCCS(=O)c1nc2cc(N)ccc2o1. The van der Waals surface area contributed by atoms with E-state index in [1.165, 1.54) is 0 Å². The maximum atomic E-state index is 11.9. The average Bonchev–Trinajstić information content (AvgIpc) is 2.77. The molecule has 2 N–H and O–H groups in total. The second-order valence-electron chi connectivity index (χ2n) is 3.96. The second-order valence-corrected chi connectivity index (χ2v) is 5.41. The van der Waals surface area contributed by atoms with Crippen molar-refractivity contribution in [3.05, 3.63) is 18.2 Å². The van der Waals surface area contributed by atoms with Gasteiger partial charge in [-0.05, 0) is 31.0 Å². The van der Waals surface area contributed by atoms with Crippen LogP contribution in [0.15, 0.2) is 27.8 Å². The van der Waals surface area contributed by atoms with E-state index in [4.69, 9.17) is 14.9 Å². The molecule has 0 bridgehead atoms. The first kappa shape index (κ1) is 13.0. The lowest BCUT2D eigenvalue weighted by Crippen LogP contribution is -2.00. The van der Waals surface area contributed by atoms with Gasteiger partial charge in [0.1, 0.15) is 16.3 Å². The number of hydrogen-bond acceptors (Lipinski definition) is 5. The summed E-state index contributed by atoms with van der Waals surface area (Å²) in [4.78, 5) is 4.19. The largest absolute Gasteiger partial charge is 0.430 e. The van der Waals surface area contributed by atoms with Crippen LogP contribution in [0.3, 0.4) is 0 Å². The Labute approximate surface area is 108 Å². The minimum Gasteiger partial charge on any atom is -0.430 e. The van der Waals surface area contributed by atoms with Gasteiger partial charge in [-0.2, -0.15) is 0 Å². The number of methoxy groups -OCH3 is 1. The smallest absolute Gasteiger partial charge is 0.287 e. The van der Waals surface area contributed by atoms with Gasteiger partial charge in [0.2, 0.25) is 0 Å². The van der Waals surface area contributed by atoms with Crippen molar-refractivity contribution in [3.8, 4) is 0 Å². The fourth-order valence-corrected chi connectivity index (χ4v) is 2.61. The molecule has 0 aliphatic carbocycles. The molecule has 1 atom stereocenters. The first-order valence-electron chi connectivity index (χ1n) is 5.74. The van der Waals surface area contributed by atoms with Gasteiger partial charge in [0.05, 0.1) is 0 Å². The predicted octanol–water partition coefficient (Wildman–Crippen LogP) is 1.94. The number of nitrogens with zero attached hydrogens (tertiary/aromatic N) is 1. The van der Waals surface area contributed by atoms with Crippen molar-refractivity contribution in [2.24, 2.45) is 0 Å². The summed E-state index contributed by atoms with van der Waals surface area (Å²) >= 11 is 0. The quantitative estimate of drug-likeness (QED) is 0.640. The third-order valence-electron chi connectivity index (χ3n) is 2.51. The maximum Gasteiger partial charge on any atom is 0.287 e. The van der Waals surface area contributed by atoms with Gasteiger partial charge in [0.15, 0.2) is 5.58 Å². The van der Waals surface area contributed by atoms with Crippen molar-refractivity contribution in [2.75, 3.05) is 25.2 Å². The molecule has 0 radical (unpaired) electrons. The minimum atomic E-state index is -1.20. The molecule has 0 spiro atoms. The molecular weight excluding hydrogens is 252 g/mol. The maximum absolute atomic E-state index is 11.9. The Morgan fingerprint density at radius 3 is 3.06 bits per heavy atom. The summed E-state index contributed by atoms with van der Waals surface area (Å²) in [5.41, 5.74) is 7.53. The van der Waals surface area contributed by atoms with Crippen molar-refractivity contribution in [1.29, 1.82) is 0 Å². The Morgan fingerprint density at radius 1 is 1.44 bits per heavy atom. The Morgan fingerprint density at radius 2 is 2.28 bits per heavy atom. The van der Waals surface area contributed by atoms with E-state index < -0.39 is 10.8 Å². The lowest BCUT2D eigenvalue weighted by Gasteiger charge is -1.97. The van der Waals surface area contributed by atoms with Crippen LogP contribution in [0.1, 0.15) is 12.8 Å². The zero-order valence-corrected chi connectivity index (χ0v) is 11.0. The van der Waals surface area contributed by atoms with Crippen molar-refractivity contribution in [3.63, 3.8) is 0 Å². The summed E-state index contributed by atoms with van der Waals surface area (Å²) < 4.78 is 22.3. The van der Waals surface area contributed by atoms with Gasteiger partial charge in [-0.1, -0.05) is 0 Å². The normalized spacial score (nSPS) is 12.9. The Kier molecular flexibility index (Phi) is 4.33. The van der Waals surface area contributed by atoms with Crippen molar-refractivity contribution in [2.45, 2.75) is 18.1 Å². The number of oxazole rings is 1. The van der Waals surface area contributed by atoms with Crippen LogP contribution in [0.5, 0.6) is 0 Å². The van der Waals surface area contributed by atoms with Gasteiger partial charge in [0, 0.05) is 25.2 Å². The lowest BCUT2D eigenvalue weighted by molar-refractivity contribution is 0.194. The van der Waals surface area contributed by atoms with E-state index in [9.17, 15) is 4.21 Å². The second kappa shape index (κ2) is 5.97. The number of rotatable bonds is 6. The fraction of sp³-hybridized carbons (Fsp3) is 0.417. The van der Waals surface area contributed by atoms with Crippen molar-refractivity contribution in [1.82, 2.24) is 4.98 Å². The van der Waals surface area contributed by atoms with Crippen LogP contribution < -0.4 is 5.73 Å². The molecule has 6 heteroatoms. The van der Waals surface area contributed by atoms with Crippen LogP contribution in [0.2, 0.25) is 0 Å². The topological polar surface area (TPSA) is 78.3 Å². The molecule has 0 aliphatic rings. The first-order valence-corrected chi connectivity index (χ1v) is 7.06. The van der Waals surface area contributed by atoms with Gasteiger partial charge < -0.3 is 14.9 Å². The Bertz CT molecular complexity index is 553. The number of nitrogen functional groups attached to an aromatic ring is 1. The monoisotopic (exact) mass is 268 g/mol. The summed E-state index contributed by atoms with van der Waals surface area (Å²) in [6.45, 7) is 0.682. The summed E-state index contributed by atoms with van der Waals surface area (Å²) in [5.74, 6) is 0.533. The third-order valence-corrected chi connectivity index (χ3v) is 3.74. The molecule has 2 rings (SSSR count). The summed E-state index contributed by atoms with van der Waals surface area (Å²) in [7, 11) is 0.455. The molecule has 1 aromatic carbocycles. The molecule has 0 amide bonds. The molecule has 18 heavy (non-hydrogen) atoms. The zero-order valence-electron chi connectivity index (χ0n) is 10.2. The van der Waals surface area contributed by atoms with Crippen LogP contribution in [-0.2, 0) is 15.5 Å². The highest BCUT2D eigenvalue weighted by Crippen LogP contribution is 2.20. The van der Waals surface area contributed by atoms with E-state index >= 15 is 0 Å². The average molecular weight is 268 g/mol. The molecule has 0 saturated carbocycles. The number of nitrogens with two attached hydrogens (primary N) is 1. The summed E-state index contributed by atoms with van der Waals surface area (Å²) in [6.07, 6.45) is 1.71. The Hall–Kier alpha value is -1.40. The molecule has 2 aromatic rings. The van der Waals surface area contributed by atoms with Gasteiger partial charge in [-0.15, -0.1) is 0 Å². The van der Waals surface area contributed by atoms with E-state index in [1.807, 2.05) is 0 Å². The number of hydrogen-bond donors (Lipinski definition) is 1. The molecule has 1 heterocycles. The molecule has 98 valence electrons. The van der Waals surface area contributed by atoms with Gasteiger partial charge in [-0.25, -0.2) is 9.19 Å². The number of aromatic nitrogens is 1. The molecular formula is C12H16N2O3S. The number of fused-ring (bicyclic) bond motifs is 1.